The summed E-state index contributed by atoms with van der Waals surface area (Å²) in [5, 5.41) is 34.1. The molecule has 2 aromatic heterocycles. The topological polar surface area (TPSA) is 207 Å². The summed E-state index contributed by atoms with van der Waals surface area (Å²) in [6.45, 7) is 0. The number of aryl methyl sites for hydroxylation is 1. The van der Waals surface area contributed by atoms with Crippen LogP contribution in [0.5, 0.6) is 0 Å². The minimum absolute atomic E-state index is 0.0148. The summed E-state index contributed by atoms with van der Waals surface area (Å²) in [6.07, 6.45) is 0. The molecule has 4 heterocycles. The predicted molar refractivity (Wildman–Crippen MR) is 148 cm³/mol. The van der Waals surface area contributed by atoms with E-state index in [0.29, 0.717) is 27.1 Å². The Kier molecular flexibility index (Phi) is 8.02. The first-order valence-electron chi connectivity index (χ1n) is 11.4. The Morgan fingerprint density at radius 1 is 1.25 bits per heavy atom. The van der Waals surface area contributed by atoms with Crippen LogP contribution in [0, 0.1) is 0 Å². The minimum Gasteiger partial charge on any atom is -0.478 e. The molecule has 40 heavy (non-hydrogen) atoms. The van der Waals surface area contributed by atoms with Crippen molar-refractivity contribution >= 4 is 75.5 Å². The van der Waals surface area contributed by atoms with Gasteiger partial charge in [-0.2, -0.15) is 0 Å². The Hall–Kier alpha value is -3.61. The number of nitrogens with one attached hydrogen (secondary N) is 1. The highest BCUT2D eigenvalue weighted by molar-refractivity contribution is 8.01. The SMILES string of the molecule is Cn1nnnc1SCC1=C(C(=O)O)N2C(=O)C(NC(=O)C(Sc3ccccc3C(=O)O)c3csc(N)n3)[C@@H]2SC1. The van der Waals surface area contributed by atoms with E-state index in [1.807, 2.05) is 0 Å². The van der Waals surface area contributed by atoms with E-state index >= 15 is 0 Å². The lowest BCUT2D eigenvalue weighted by Crippen LogP contribution is -2.70. The van der Waals surface area contributed by atoms with E-state index in [0.717, 1.165) is 23.1 Å². The highest BCUT2D eigenvalue weighted by Gasteiger charge is 2.54. The largest absolute Gasteiger partial charge is 0.478 e. The van der Waals surface area contributed by atoms with Crippen LogP contribution in [-0.2, 0) is 21.4 Å². The molecule has 0 spiro atoms. The Morgan fingerprint density at radius 3 is 2.67 bits per heavy atom. The van der Waals surface area contributed by atoms with Crippen molar-refractivity contribution < 1.29 is 29.4 Å². The average Bonchev–Trinajstić information content (AvgIpc) is 3.55. The van der Waals surface area contributed by atoms with Crippen molar-refractivity contribution in [1.82, 2.24) is 35.4 Å². The minimum atomic E-state index is -1.24. The van der Waals surface area contributed by atoms with E-state index in [2.05, 4.69) is 25.8 Å². The van der Waals surface area contributed by atoms with Gasteiger partial charge in [-0.05, 0) is 28.1 Å². The molecule has 2 amide bonds. The summed E-state index contributed by atoms with van der Waals surface area (Å²) < 4.78 is 1.46. The van der Waals surface area contributed by atoms with Gasteiger partial charge in [0, 0.05) is 28.8 Å². The quantitative estimate of drug-likeness (QED) is 0.186. The number of hydrogen-bond donors (Lipinski definition) is 4. The number of thioether (sulfide) groups is 3. The number of anilines is 1. The fraction of sp³-hybridized carbons (Fsp3) is 0.273. The number of thiazole rings is 1. The molecule has 2 unspecified atom stereocenters. The normalized spacial score (nSPS) is 19.1. The summed E-state index contributed by atoms with van der Waals surface area (Å²) in [4.78, 5) is 56.3. The number of nitrogens with zero attached hydrogens (tertiary/aromatic N) is 6. The van der Waals surface area contributed by atoms with Crippen LogP contribution in [0.3, 0.4) is 0 Å². The Balaban J connectivity index is 1.35. The second kappa shape index (κ2) is 11.5. The van der Waals surface area contributed by atoms with E-state index in [9.17, 15) is 29.4 Å². The van der Waals surface area contributed by atoms with Crippen LogP contribution in [0.2, 0.25) is 0 Å². The molecule has 2 aliphatic rings. The summed E-state index contributed by atoms with van der Waals surface area (Å²) in [7, 11) is 1.67. The number of aromatic carboxylic acids is 1. The molecule has 1 fully saturated rings. The molecule has 5 rings (SSSR count). The molecule has 5 N–H and O–H groups in total. The van der Waals surface area contributed by atoms with Crippen molar-refractivity contribution in [2.45, 2.75) is 26.7 Å². The third kappa shape index (κ3) is 5.38. The van der Waals surface area contributed by atoms with Crippen molar-refractivity contribution in [3.8, 4) is 0 Å². The number of amides is 2. The van der Waals surface area contributed by atoms with Crippen molar-refractivity contribution in [3.63, 3.8) is 0 Å². The first kappa shape index (κ1) is 27.9. The van der Waals surface area contributed by atoms with Crippen LogP contribution in [0.1, 0.15) is 21.3 Å². The lowest BCUT2D eigenvalue weighted by atomic mass is 10.0. The van der Waals surface area contributed by atoms with Gasteiger partial charge in [0.05, 0.1) is 11.3 Å². The van der Waals surface area contributed by atoms with Gasteiger partial charge >= 0.3 is 11.9 Å². The Morgan fingerprint density at radius 2 is 2.02 bits per heavy atom. The van der Waals surface area contributed by atoms with Gasteiger partial charge in [0.2, 0.25) is 11.1 Å². The van der Waals surface area contributed by atoms with Gasteiger partial charge in [0.1, 0.15) is 22.4 Å². The molecule has 1 saturated heterocycles. The molecule has 18 heteroatoms. The van der Waals surface area contributed by atoms with Gasteiger partial charge in [0.25, 0.3) is 5.91 Å². The van der Waals surface area contributed by atoms with Crippen molar-refractivity contribution in [2.75, 3.05) is 17.2 Å². The number of fused-ring (bicyclic) bond motifs is 1. The number of carbonyl (C=O) groups excluding carboxylic acids is 2. The van der Waals surface area contributed by atoms with Crippen LogP contribution in [0.15, 0.2) is 51.0 Å². The maximum atomic E-state index is 13.5. The smallest absolute Gasteiger partial charge is 0.352 e. The highest BCUT2D eigenvalue weighted by Crippen LogP contribution is 2.43. The lowest BCUT2D eigenvalue weighted by Gasteiger charge is -2.49. The van der Waals surface area contributed by atoms with E-state index in [-0.39, 0.29) is 22.1 Å². The van der Waals surface area contributed by atoms with Gasteiger partial charge < -0.3 is 21.3 Å². The predicted octanol–water partition coefficient (Wildman–Crippen LogP) is 1.31. The Bertz CT molecular complexity index is 1540. The second-order valence-electron chi connectivity index (χ2n) is 8.44. The fourth-order valence-electron chi connectivity index (χ4n) is 4.06. The molecule has 0 radical (unpaired) electrons. The molecular weight excluding hydrogens is 601 g/mol. The number of rotatable bonds is 10. The Labute approximate surface area is 242 Å². The van der Waals surface area contributed by atoms with E-state index < -0.39 is 40.4 Å². The number of β-lactam (4-membered cyclic amide) rings is 1. The maximum absolute atomic E-state index is 13.5. The zero-order valence-corrected chi connectivity index (χ0v) is 23.7. The number of aliphatic carboxylic acids is 1. The highest BCUT2D eigenvalue weighted by atomic mass is 32.2. The van der Waals surface area contributed by atoms with Crippen molar-refractivity contribution in [2.24, 2.45) is 7.05 Å². The third-order valence-corrected chi connectivity index (χ3v) is 10.3. The zero-order valence-electron chi connectivity index (χ0n) is 20.5. The van der Waals surface area contributed by atoms with Crippen LogP contribution >= 0.6 is 46.6 Å². The lowest BCUT2D eigenvalue weighted by molar-refractivity contribution is -0.150. The molecule has 3 aromatic rings. The van der Waals surface area contributed by atoms with Gasteiger partial charge in [-0.15, -0.1) is 40.0 Å². The molecule has 14 nitrogen and oxygen atoms in total. The van der Waals surface area contributed by atoms with Gasteiger partial charge in [-0.1, -0.05) is 23.9 Å². The van der Waals surface area contributed by atoms with Gasteiger partial charge in [-0.25, -0.2) is 19.3 Å². The first-order valence-corrected chi connectivity index (χ1v) is 15.2. The number of carboxylic acid groups (broad SMARTS) is 2. The number of aromatic nitrogens is 5. The zero-order chi connectivity index (χ0) is 28.6. The number of carbonyl (C=O) groups is 4. The average molecular weight is 621 g/mol. The molecule has 1 aromatic carbocycles. The van der Waals surface area contributed by atoms with Crippen molar-refractivity contribution in [3.05, 3.63) is 52.2 Å². The van der Waals surface area contributed by atoms with Gasteiger partial charge in [0.15, 0.2) is 5.13 Å². The molecule has 2 aliphatic heterocycles. The number of nitrogens with two attached hydrogens (primary N) is 1. The summed E-state index contributed by atoms with van der Waals surface area (Å²) in [5.41, 5.74) is 6.54. The van der Waals surface area contributed by atoms with Crippen LogP contribution in [-0.4, -0.2) is 87.0 Å². The van der Waals surface area contributed by atoms with Crippen LogP contribution in [0.4, 0.5) is 5.13 Å². The second-order valence-corrected chi connectivity index (χ2v) is 12.5. The molecule has 0 aliphatic carbocycles. The molecule has 3 atom stereocenters. The van der Waals surface area contributed by atoms with Crippen molar-refractivity contribution in [1.29, 1.82) is 0 Å². The summed E-state index contributed by atoms with van der Waals surface area (Å²) >= 11 is 4.70. The van der Waals surface area contributed by atoms with E-state index in [1.165, 1.54) is 39.2 Å². The first-order chi connectivity index (χ1) is 19.2. The van der Waals surface area contributed by atoms with E-state index in [1.54, 1.807) is 30.6 Å². The number of tetrazole rings is 1. The third-order valence-electron chi connectivity index (χ3n) is 5.91. The number of nitrogen functional groups attached to an aromatic ring is 1. The summed E-state index contributed by atoms with van der Waals surface area (Å²) in [6, 6.07) is 5.27. The van der Waals surface area contributed by atoms with Crippen LogP contribution in [0.25, 0.3) is 0 Å². The van der Waals surface area contributed by atoms with E-state index in [4.69, 9.17) is 5.73 Å². The monoisotopic (exact) mass is 620 g/mol. The standard InChI is InChI=1S/C22H20N8O6S4/c1-29-22(26-27-28-29)39-7-9-6-37-18-13(17(32)30(18)14(9)20(35)36)25-16(31)15(11-8-38-21(23)24-11)40-12-5-3-2-4-10(12)19(33)34/h2-5,8,13,15,18H,6-7H2,1H3,(H2,23,24)(H,25,31)(H,33,34)(H,35,36)/t13?,15?,18-/m0/s1. The number of carboxylic acids is 2. The molecule has 0 saturated carbocycles. The molecule has 0 bridgehead atoms. The van der Waals surface area contributed by atoms with Gasteiger partial charge in [-0.3, -0.25) is 14.5 Å². The fourth-order valence-corrected chi connectivity index (χ4v) is 8.18. The maximum Gasteiger partial charge on any atom is 0.352 e. The van der Waals surface area contributed by atoms with Crippen LogP contribution < -0.4 is 11.1 Å². The molecular formula is C22H20N8O6S4. The molecule has 208 valence electrons. The number of benzene rings is 1. The number of hydrogen-bond acceptors (Lipinski definition) is 13. The summed E-state index contributed by atoms with van der Waals surface area (Å²) in [5.74, 6) is -2.94.